The van der Waals surface area contributed by atoms with Crippen LogP contribution in [0.3, 0.4) is 0 Å². The van der Waals surface area contributed by atoms with Crippen LogP contribution in [-0.2, 0) is 16.0 Å². The van der Waals surface area contributed by atoms with Crippen LogP contribution in [0.15, 0.2) is 41.1 Å². The van der Waals surface area contributed by atoms with E-state index in [4.69, 9.17) is 0 Å². The zero-order valence-corrected chi connectivity index (χ0v) is 28.3. The van der Waals surface area contributed by atoms with Crippen LogP contribution in [-0.4, -0.2) is 82.7 Å². The summed E-state index contributed by atoms with van der Waals surface area (Å²) < 4.78 is 0. The third-order valence-electron chi connectivity index (χ3n) is 8.56. The van der Waals surface area contributed by atoms with Crippen molar-refractivity contribution in [3.05, 3.63) is 68.1 Å². The summed E-state index contributed by atoms with van der Waals surface area (Å²) in [5.41, 5.74) is 1.55. The van der Waals surface area contributed by atoms with Gasteiger partial charge in [0, 0.05) is 29.8 Å². The second-order valence-electron chi connectivity index (χ2n) is 12.2. The summed E-state index contributed by atoms with van der Waals surface area (Å²) in [5.74, 6) is -1.12. The Morgan fingerprint density at radius 2 is 1.61 bits per heavy atom. The van der Waals surface area contributed by atoms with E-state index in [1.165, 1.54) is 22.7 Å². The number of likely N-dealkylation sites (tertiary alicyclic amines) is 1. The number of aromatic nitrogens is 2. The fourth-order valence-corrected chi connectivity index (χ4v) is 7.73. The van der Waals surface area contributed by atoms with E-state index in [-0.39, 0.29) is 53.4 Å². The average molecular weight is 666 g/mol. The zero-order valence-electron chi connectivity index (χ0n) is 26.7. The van der Waals surface area contributed by atoms with Crippen LogP contribution in [0, 0.1) is 11.8 Å². The summed E-state index contributed by atoms with van der Waals surface area (Å²) >= 11 is 2.65. The predicted molar refractivity (Wildman–Crippen MR) is 179 cm³/mol. The molecule has 2 aliphatic rings. The average Bonchev–Trinajstić information content (AvgIpc) is 3.75. The first-order valence-corrected chi connectivity index (χ1v) is 17.8. The summed E-state index contributed by atoms with van der Waals surface area (Å²) in [5, 5.41) is 13.7. The maximum Gasteiger partial charge on any atom is 0.271 e. The fraction of sp³-hybridized carbons (Fsp3) is 0.515. The molecule has 2 aliphatic heterocycles. The normalized spacial score (nSPS) is 21.1. The molecule has 2 atom stereocenters. The largest absolute Gasteiger partial charge is 0.351 e. The predicted octanol–water partition coefficient (Wildman–Crippen LogP) is 3.82. The lowest BCUT2D eigenvalue weighted by Gasteiger charge is -2.33. The second kappa shape index (κ2) is 15.7. The van der Waals surface area contributed by atoms with Gasteiger partial charge in [0.1, 0.15) is 21.4 Å². The molecule has 5 rings (SSSR count). The first-order chi connectivity index (χ1) is 22.2. The molecule has 11 nitrogen and oxygen atoms in total. The number of benzene rings is 1. The van der Waals surface area contributed by atoms with Crippen molar-refractivity contribution in [2.24, 2.45) is 11.8 Å². The van der Waals surface area contributed by atoms with Gasteiger partial charge in [-0.25, -0.2) is 9.97 Å². The molecular weight excluding hydrogens is 623 g/mol. The van der Waals surface area contributed by atoms with Crippen LogP contribution in [0.25, 0.3) is 0 Å². The smallest absolute Gasteiger partial charge is 0.271 e. The molecule has 13 heteroatoms. The van der Waals surface area contributed by atoms with E-state index < -0.39 is 12.1 Å². The van der Waals surface area contributed by atoms with Crippen LogP contribution in [0.4, 0.5) is 0 Å². The van der Waals surface area contributed by atoms with Gasteiger partial charge in [-0.1, -0.05) is 51.1 Å². The topological polar surface area (TPSA) is 137 Å². The number of carbonyl (C=O) groups is 4. The van der Waals surface area contributed by atoms with Gasteiger partial charge in [0.2, 0.25) is 11.8 Å². The van der Waals surface area contributed by atoms with Crippen molar-refractivity contribution < 1.29 is 19.2 Å². The molecule has 3 N–H and O–H groups in total. The number of nitrogens with zero attached hydrogens (tertiary/aromatic N) is 4. The van der Waals surface area contributed by atoms with Crippen LogP contribution < -0.4 is 16.0 Å². The van der Waals surface area contributed by atoms with E-state index in [9.17, 15) is 19.2 Å². The molecule has 3 aromatic rings. The quantitative estimate of drug-likeness (QED) is 0.377. The maximum absolute atomic E-state index is 13.8. The molecule has 0 spiro atoms. The summed E-state index contributed by atoms with van der Waals surface area (Å²) in [7, 11) is 0. The van der Waals surface area contributed by atoms with Gasteiger partial charge in [-0.15, -0.1) is 22.7 Å². The zero-order chi connectivity index (χ0) is 32.6. The summed E-state index contributed by atoms with van der Waals surface area (Å²) in [6.07, 6.45) is 2.48. The molecule has 0 unspecified atom stereocenters. The molecule has 46 heavy (non-hydrogen) atoms. The minimum absolute atomic E-state index is 0.0149. The highest BCUT2D eigenvalue weighted by Gasteiger charge is 2.31. The first kappa shape index (κ1) is 33.7. The molecule has 0 radical (unpaired) electrons. The van der Waals surface area contributed by atoms with Crippen LogP contribution in [0.2, 0.25) is 0 Å². The summed E-state index contributed by atoms with van der Waals surface area (Å²) in [6.45, 7) is 9.32. The van der Waals surface area contributed by atoms with E-state index in [2.05, 4.69) is 37.7 Å². The number of hydrogen-bond donors (Lipinski definition) is 3. The van der Waals surface area contributed by atoms with E-state index in [0.717, 1.165) is 38.0 Å². The van der Waals surface area contributed by atoms with E-state index in [1.54, 1.807) is 15.7 Å². The fourth-order valence-electron chi connectivity index (χ4n) is 5.86. The number of fused-ring (bicyclic) bond motifs is 4. The highest BCUT2D eigenvalue weighted by molar-refractivity contribution is 7.10. The molecule has 0 saturated carbocycles. The van der Waals surface area contributed by atoms with Crippen molar-refractivity contribution in [1.29, 1.82) is 0 Å². The van der Waals surface area contributed by atoms with Crippen molar-refractivity contribution in [1.82, 2.24) is 35.7 Å². The van der Waals surface area contributed by atoms with Crippen LogP contribution in [0.5, 0.6) is 0 Å². The Morgan fingerprint density at radius 1 is 0.935 bits per heavy atom. The highest BCUT2D eigenvalue weighted by Crippen LogP contribution is 2.27. The minimum atomic E-state index is -0.491. The van der Waals surface area contributed by atoms with Gasteiger partial charge < -0.3 is 25.8 Å². The Morgan fingerprint density at radius 3 is 2.30 bits per heavy atom. The molecule has 1 saturated heterocycles. The number of rotatable bonds is 5. The van der Waals surface area contributed by atoms with Gasteiger partial charge in [0.25, 0.3) is 11.8 Å². The van der Waals surface area contributed by atoms with Crippen molar-refractivity contribution in [3.63, 3.8) is 0 Å². The van der Waals surface area contributed by atoms with Gasteiger partial charge in [-0.3, -0.25) is 19.2 Å². The standard InChI is InChI=1S/C33H43N7O4S2/c1-4-39-15-11-23(12-16-39)33(44)40-14-8-13-34-29(42)25-19-46-32(37-25)28(21(2)3)38-30(43)26-20-45-31(36-26)24(35-27(41)18-40)17-22-9-6-5-7-10-22/h5-7,9-10,19-21,23-24,28H,4,8,11-18H2,1-3H3,(H,34,42)(H,35,41)(H,38,43)/t24-,28-/m0/s1. The number of nitrogens with one attached hydrogen (secondary N) is 3. The lowest BCUT2D eigenvalue weighted by Crippen LogP contribution is -2.47. The van der Waals surface area contributed by atoms with Crippen molar-refractivity contribution in [3.8, 4) is 0 Å². The van der Waals surface area contributed by atoms with E-state index >= 15 is 0 Å². The SMILES string of the molecule is CCN1CCC(C(=O)N2CCCNC(=O)c3csc(n3)[C@H](C(C)C)NC(=O)c3csc(n3)[C@H](Cc3ccccc3)NC(=O)C2)CC1. The molecule has 1 fully saturated rings. The van der Waals surface area contributed by atoms with E-state index in [0.29, 0.717) is 35.9 Å². The lowest BCUT2D eigenvalue weighted by molar-refractivity contribution is -0.141. The Bertz CT molecular complexity index is 1500. The first-order valence-electron chi connectivity index (χ1n) is 16.1. The van der Waals surface area contributed by atoms with E-state index in [1.807, 2.05) is 44.2 Å². The molecule has 4 bridgehead atoms. The highest BCUT2D eigenvalue weighted by atomic mass is 32.1. The molecule has 2 aromatic heterocycles. The number of hydrogen-bond acceptors (Lipinski definition) is 9. The molecule has 1 aromatic carbocycles. The van der Waals surface area contributed by atoms with Gasteiger partial charge in [0.15, 0.2) is 0 Å². The summed E-state index contributed by atoms with van der Waals surface area (Å²) in [4.78, 5) is 67.0. The van der Waals surface area contributed by atoms with Gasteiger partial charge in [0.05, 0.1) is 18.6 Å². The summed E-state index contributed by atoms with van der Waals surface area (Å²) in [6, 6.07) is 8.91. The maximum atomic E-state index is 13.8. The monoisotopic (exact) mass is 665 g/mol. The molecule has 4 amide bonds. The van der Waals surface area contributed by atoms with Crippen LogP contribution in [0.1, 0.15) is 88.7 Å². The number of piperidine rings is 1. The third-order valence-corrected chi connectivity index (χ3v) is 10.5. The minimum Gasteiger partial charge on any atom is -0.351 e. The molecule has 246 valence electrons. The Hall–Kier alpha value is -3.68. The second-order valence-corrected chi connectivity index (χ2v) is 14.0. The van der Waals surface area contributed by atoms with Crippen molar-refractivity contribution in [2.45, 2.75) is 58.5 Å². The number of thiazole rings is 2. The van der Waals surface area contributed by atoms with Gasteiger partial charge in [-0.2, -0.15) is 0 Å². The Labute approximate surface area is 278 Å². The third kappa shape index (κ3) is 8.56. The molecule has 4 heterocycles. The number of carbonyl (C=O) groups excluding carboxylic acids is 4. The lowest BCUT2D eigenvalue weighted by atomic mass is 9.95. The van der Waals surface area contributed by atoms with Gasteiger partial charge >= 0.3 is 0 Å². The number of amides is 4. The van der Waals surface area contributed by atoms with Crippen molar-refractivity contribution >= 4 is 46.3 Å². The Kier molecular flexibility index (Phi) is 11.5. The van der Waals surface area contributed by atoms with Crippen molar-refractivity contribution in [2.75, 3.05) is 39.3 Å². The van der Waals surface area contributed by atoms with Gasteiger partial charge in [-0.05, 0) is 56.8 Å². The molecular formula is C33H43N7O4S2. The Balaban J connectivity index is 1.43. The molecule has 0 aliphatic carbocycles. The van der Waals surface area contributed by atoms with Crippen LogP contribution >= 0.6 is 22.7 Å².